The van der Waals surface area contributed by atoms with Crippen molar-refractivity contribution in [1.82, 2.24) is 5.32 Å². The van der Waals surface area contributed by atoms with Gasteiger partial charge in [-0.15, -0.1) is 0 Å². The van der Waals surface area contributed by atoms with Gasteiger partial charge < -0.3 is 24.9 Å². The van der Waals surface area contributed by atoms with Crippen molar-refractivity contribution in [2.24, 2.45) is 0 Å². The predicted octanol–water partition coefficient (Wildman–Crippen LogP) is 5.05. The largest absolute Gasteiger partial charge is 0.478 e. The van der Waals surface area contributed by atoms with Crippen LogP contribution in [0.5, 0.6) is 5.75 Å². The SMILES string of the molecule is Cc1ccc(CC(NCc2ccc(OC(C)(C)C(=O)O)cc2)C(=O)Nc2cccc3c2CCCC3)o1. The number of fused-ring (bicyclic) bond motifs is 1. The lowest BCUT2D eigenvalue weighted by Gasteiger charge is -2.23. The first-order chi connectivity index (χ1) is 17.2. The molecule has 190 valence electrons. The fourth-order valence-electron chi connectivity index (χ4n) is 4.43. The van der Waals surface area contributed by atoms with Crippen LogP contribution < -0.4 is 15.4 Å². The molecule has 1 aliphatic rings. The van der Waals surface area contributed by atoms with Crippen molar-refractivity contribution < 1.29 is 23.8 Å². The molecule has 0 saturated heterocycles. The molecule has 4 rings (SSSR count). The maximum Gasteiger partial charge on any atom is 0.347 e. The van der Waals surface area contributed by atoms with Crippen molar-refractivity contribution in [3.05, 3.63) is 82.8 Å². The summed E-state index contributed by atoms with van der Waals surface area (Å²) in [4.78, 5) is 24.7. The van der Waals surface area contributed by atoms with Gasteiger partial charge in [0, 0.05) is 18.7 Å². The fraction of sp³-hybridized carbons (Fsp3) is 0.379. The minimum absolute atomic E-state index is 0.105. The third-order valence-corrected chi connectivity index (χ3v) is 6.54. The molecule has 1 heterocycles. The number of amides is 1. The average molecular weight is 491 g/mol. The van der Waals surface area contributed by atoms with E-state index in [9.17, 15) is 14.7 Å². The summed E-state index contributed by atoms with van der Waals surface area (Å²) in [6, 6.07) is 16.6. The standard InChI is InChI=1S/C29H34N2O5/c1-19-11-14-23(35-19)17-26(27(32)31-25-10-6-8-21-7-4-5-9-24(21)25)30-18-20-12-15-22(16-13-20)36-29(2,3)28(33)34/h6,8,10-16,26,30H,4-5,7,9,17-18H2,1-3H3,(H,31,32)(H,33,34). The molecule has 7 heteroatoms. The van der Waals surface area contributed by atoms with Gasteiger partial charge in [0.15, 0.2) is 5.60 Å². The molecular formula is C29H34N2O5. The third-order valence-electron chi connectivity index (χ3n) is 6.54. The number of nitrogens with one attached hydrogen (secondary N) is 2. The number of anilines is 1. The molecule has 2 aromatic carbocycles. The lowest BCUT2D eigenvalue weighted by Crippen LogP contribution is -2.42. The number of carbonyl (C=O) groups excluding carboxylic acids is 1. The highest BCUT2D eigenvalue weighted by molar-refractivity contribution is 5.95. The molecule has 1 aliphatic carbocycles. The molecule has 3 aromatic rings. The Morgan fingerprint density at radius 2 is 1.81 bits per heavy atom. The summed E-state index contributed by atoms with van der Waals surface area (Å²) in [6.07, 6.45) is 4.77. The van der Waals surface area contributed by atoms with Gasteiger partial charge in [0.05, 0.1) is 6.04 Å². The van der Waals surface area contributed by atoms with Crippen molar-refractivity contribution in [3.8, 4) is 5.75 Å². The second-order valence-corrected chi connectivity index (χ2v) is 9.85. The maximum absolute atomic E-state index is 13.4. The summed E-state index contributed by atoms with van der Waals surface area (Å²) in [6.45, 7) is 5.35. The van der Waals surface area contributed by atoms with E-state index in [2.05, 4.69) is 16.7 Å². The summed E-state index contributed by atoms with van der Waals surface area (Å²) in [7, 11) is 0. The number of hydrogen-bond donors (Lipinski definition) is 3. The molecule has 0 bridgehead atoms. The summed E-state index contributed by atoms with van der Waals surface area (Å²) in [5.74, 6) is 0.887. The van der Waals surface area contributed by atoms with Gasteiger partial charge in [-0.2, -0.15) is 0 Å². The Balaban J connectivity index is 1.45. The monoisotopic (exact) mass is 490 g/mol. The van der Waals surface area contributed by atoms with Crippen LogP contribution in [0, 0.1) is 6.92 Å². The minimum Gasteiger partial charge on any atom is -0.478 e. The van der Waals surface area contributed by atoms with Crippen LogP contribution in [0.25, 0.3) is 0 Å². The lowest BCUT2D eigenvalue weighted by atomic mass is 9.90. The Labute approximate surface area is 211 Å². The van der Waals surface area contributed by atoms with Crippen molar-refractivity contribution in [2.45, 2.75) is 71.1 Å². The number of aliphatic carboxylic acids is 1. The number of hydrogen-bond acceptors (Lipinski definition) is 5. The van der Waals surface area contributed by atoms with Gasteiger partial charge in [-0.3, -0.25) is 4.79 Å². The van der Waals surface area contributed by atoms with Crippen LogP contribution in [0.1, 0.15) is 54.9 Å². The van der Waals surface area contributed by atoms with E-state index in [1.54, 1.807) is 12.1 Å². The van der Waals surface area contributed by atoms with E-state index in [4.69, 9.17) is 9.15 Å². The fourth-order valence-corrected chi connectivity index (χ4v) is 4.43. The summed E-state index contributed by atoms with van der Waals surface area (Å²) in [5, 5.41) is 15.8. The molecule has 0 fully saturated rings. The smallest absolute Gasteiger partial charge is 0.347 e. The second kappa shape index (κ2) is 11.0. The van der Waals surface area contributed by atoms with Gasteiger partial charge in [0.25, 0.3) is 0 Å². The molecule has 7 nitrogen and oxygen atoms in total. The Bertz CT molecular complexity index is 1210. The Morgan fingerprint density at radius 3 is 2.50 bits per heavy atom. The topological polar surface area (TPSA) is 101 Å². The minimum atomic E-state index is -1.32. The molecule has 0 saturated carbocycles. The number of rotatable bonds is 10. The number of carboxylic acids is 1. The van der Waals surface area contributed by atoms with E-state index in [-0.39, 0.29) is 5.91 Å². The number of aryl methyl sites for hydroxylation is 2. The van der Waals surface area contributed by atoms with Crippen LogP contribution in [0.3, 0.4) is 0 Å². The molecule has 1 unspecified atom stereocenters. The third kappa shape index (κ3) is 6.34. The second-order valence-electron chi connectivity index (χ2n) is 9.85. The number of ether oxygens (including phenoxy) is 1. The van der Waals surface area contributed by atoms with E-state index in [0.29, 0.717) is 18.7 Å². The first-order valence-corrected chi connectivity index (χ1v) is 12.4. The van der Waals surface area contributed by atoms with Crippen molar-refractivity contribution in [1.29, 1.82) is 0 Å². The number of furan rings is 1. The highest BCUT2D eigenvalue weighted by atomic mass is 16.5. The summed E-state index contributed by atoms with van der Waals surface area (Å²) < 4.78 is 11.3. The zero-order valence-electron chi connectivity index (χ0n) is 21.1. The molecule has 0 spiro atoms. The Morgan fingerprint density at radius 1 is 1.06 bits per heavy atom. The Hall–Kier alpha value is -3.58. The van der Waals surface area contributed by atoms with E-state index < -0.39 is 17.6 Å². The lowest BCUT2D eigenvalue weighted by molar-refractivity contribution is -0.152. The van der Waals surface area contributed by atoms with E-state index in [1.807, 2.05) is 43.3 Å². The van der Waals surface area contributed by atoms with Gasteiger partial charge in [0.1, 0.15) is 17.3 Å². The highest BCUT2D eigenvalue weighted by Crippen LogP contribution is 2.28. The van der Waals surface area contributed by atoms with Gasteiger partial charge in [-0.1, -0.05) is 24.3 Å². The zero-order chi connectivity index (χ0) is 25.7. The van der Waals surface area contributed by atoms with Crippen molar-refractivity contribution in [2.75, 3.05) is 5.32 Å². The van der Waals surface area contributed by atoms with Gasteiger partial charge in [-0.05, 0) is 93.5 Å². The van der Waals surface area contributed by atoms with Gasteiger partial charge in [0.2, 0.25) is 5.91 Å². The molecule has 3 N–H and O–H groups in total. The number of carbonyl (C=O) groups is 2. The van der Waals surface area contributed by atoms with E-state index >= 15 is 0 Å². The summed E-state index contributed by atoms with van der Waals surface area (Å²) in [5.41, 5.74) is 3.08. The molecule has 1 aromatic heterocycles. The predicted molar refractivity (Wildman–Crippen MR) is 138 cm³/mol. The van der Waals surface area contributed by atoms with Crippen molar-refractivity contribution >= 4 is 17.6 Å². The van der Waals surface area contributed by atoms with Crippen LogP contribution in [0.2, 0.25) is 0 Å². The molecule has 1 atom stereocenters. The van der Waals surface area contributed by atoms with Crippen LogP contribution in [-0.2, 0) is 35.4 Å². The molecule has 0 radical (unpaired) electrons. The summed E-state index contributed by atoms with van der Waals surface area (Å²) >= 11 is 0. The molecule has 0 aliphatic heterocycles. The van der Waals surface area contributed by atoms with Crippen molar-refractivity contribution in [3.63, 3.8) is 0 Å². The van der Waals surface area contributed by atoms with Crippen LogP contribution in [-0.4, -0.2) is 28.6 Å². The first kappa shape index (κ1) is 25.5. The quantitative estimate of drug-likeness (QED) is 0.368. The number of carboxylic acid groups (broad SMARTS) is 1. The maximum atomic E-state index is 13.4. The average Bonchev–Trinajstić information content (AvgIpc) is 3.27. The molecule has 36 heavy (non-hydrogen) atoms. The van der Waals surface area contributed by atoms with Crippen LogP contribution >= 0.6 is 0 Å². The highest BCUT2D eigenvalue weighted by Gasteiger charge is 2.29. The van der Waals surface area contributed by atoms with Gasteiger partial charge >= 0.3 is 5.97 Å². The molecule has 1 amide bonds. The first-order valence-electron chi connectivity index (χ1n) is 12.4. The Kier molecular flexibility index (Phi) is 7.79. The van der Waals surface area contributed by atoms with Crippen LogP contribution in [0.15, 0.2) is 59.0 Å². The van der Waals surface area contributed by atoms with Gasteiger partial charge in [-0.25, -0.2) is 4.79 Å². The van der Waals surface area contributed by atoms with E-state index in [0.717, 1.165) is 42.0 Å². The number of benzene rings is 2. The van der Waals surface area contributed by atoms with Crippen LogP contribution in [0.4, 0.5) is 5.69 Å². The zero-order valence-corrected chi connectivity index (χ0v) is 21.1. The van der Waals surface area contributed by atoms with E-state index in [1.165, 1.54) is 31.4 Å². The normalized spacial score (nSPS) is 14.1. The molecular weight excluding hydrogens is 456 g/mol.